The van der Waals surface area contributed by atoms with E-state index in [-0.39, 0.29) is 40.6 Å². The molecule has 1 heterocycles. The van der Waals surface area contributed by atoms with Crippen molar-refractivity contribution < 1.29 is 49.6 Å². The Kier molecular flexibility index (Phi) is 9.90. The Bertz CT molecular complexity index is 1020. The van der Waals surface area contributed by atoms with Gasteiger partial charge in [0.05, 0.1) is 31.0 Å². The molecule has 4 aliphatic carbocycles. The Morgan fingerprint density at radius 2 is 1.68 bits per heavy atom. The van der Waals surface area contributed by atoms with E-state index in [1.165, 1.54) is 0 Å². The lowest BCUT2D eigenvalue weighted by Crippen LogP contribution is -2.63. The van der Waals surface area contributed by atoms with Crippen molar-refractivity contribution in [1.82, 2.24) is 0 Å². The minimum Gasteiger partial charge on any atom is -0.467 e. The largest absolute Gasteiger partial charge is 0.467 e. The first-order valence-electron chi connectivity index (χ1n) is 17.0. The number of hydrogen-bond donors (Lipinski definition) is 6. The van der Waals surface area contributed by atoms with Gasteiger partial charge in [-0.25, -0.2) is 4.79 Å². The molecule has 16 atom stereocenters. The van der Waals surface area contributed by atoms with Gasteiger partial charge in [-0.2, -0.15) is 0 Å². The van der Waals surface area contributed by atoms with Crippen LogP contribution in [0.1, 0.15) is 98.8 Å². The van der Waals surface area contributed by atoms with Crippen molar-refractivity contribution in [3.05, 3.63) is 0 Å². The summed E-state index contributed by atoms with van der Waals surface area (Å²) >= 11 is 0. The average molecular weight is 627 g/mol. The molecule has 0 bridgehead atoms. The molecule has 44 heavy (non-hydrogen) atoms. The molecule has 10 heteroatoms. The zero-order valence-electron chi connectivity index (χ0n) is 27.5. The van der Waals surface area contributed by atoms with E-state index in [2.05, 4.69) is 20.8 Å². The standard InChI is InChI=1S/C34H58O10/c1-17(8-7-12-32(2,3)41)20-9-10-21-25-22(16-24(36)34(20,21)5)33(4)13-11-19(14-18(33)15-23(25)35)43-31-28(39)26(37)27(38)29(44-31)30(40)42-6/h17-29,31,35-39,41H,7-16H2,1-6H3/t17-,18-,19-,20-,21+,22+,23-,24+,25+,26+,27+,28-,29+,31-,33+,34-/m1/s1. The van der Waals surface area contributed by atoms with Crippen LogP contribution in [-0.4, -0.2) is 98.3 Å². The highest BCUT2D eigenvalue weighted by Crippen LogP contribution is 2.68. The number of fused-ring (bicyclic) bond motifs is 5. The second kappa shape index (κ2) is 12.6. The van der Waals surface area contributed by atoms with E-state index in [1.54, 1.807) is 0 Å². The highest BCUT2D eigenvalue weighted by molar-refractivity contribution is 5.75. The molecular weight excluding hydrogens is 568 g/mol. The topological polar surface area (TPSA) is 166 Å². The molecule has 0 aromatic heterocycles. The van der Waals surface area contributed by atoms with Gasteiger partial charge in [-0.05, 0) is 112 Å². The summed E-state index contributed by atoms with van der Waals surface area (Å²) in [4.78, 5) is 12.1. The maximum Gasteiger partial charge on any atom is 0.337 e. The fourth-order valence-electron chi connectivity index (χ4n) is 10.8. The van der Waals surface area contributed by atoms with Gasteiger partial charge in [-0.3, -0.25) is 0 Å². The Morgan fingerprint density at radius 3 is 2.34 bits per heavy atom. The summed E-state index contributed by atoms with van der Waals surface area (Å²) in [6.07, 6.45) is -0.501. The summed E-state index contributed by atoms with van der Waals surface area (Å²) in [5.74, 6) is 0.689. The van der Waals surface area contributed by atoms with Crippen LogP contribution in [0.3, 0.4) is 0 Å². The zero-order chi connectivity index (χ0) is 32.4. The molecule has 0 radical (unpaired) electrons. The summed E-state index contributed by atoms with van der Waals surface area (Å²) in [6.45, 7) is 10.6. The van der Waals surface area contributed by atoms with Crippen LogP contribution in [0.4, 0.5) is 0 Å². The molecular formula is C34H58O10. The lowest BCUT2D eigenvalue weighted by molar-refractivity contribution is -0.311. The molecule has 6 N–H and O–H groups in total. The minimum atomic E-state index is -1.63. The van der Waals surface area contributed by atoms with Gasteiger partial charge in [0.25, 0.3) is 0 Å². The molecule has 0 spiro atoms. The number of esters is 1. The molecule has 1 saturated heterocycles. The second-order valence-electron chi connectivity index (χ2n) is 16.2. The van der Waals surface area contributed by atoms with E-state index >= 15 is 0 Å². The molecule has 5 aliphatic rings. The third-order valence-electron chi connectivity index (χ3n) is 13.3. The predicted molar refractivity (Wildman–Crippen MR) is 161 cm³/mol. The summed E-state index contributed by atoms with van der Waals surface area (Å²) in [6, 6.07) is 0. The van der Waals surface area contributed by atoms with Crippen LogP contribution in [-0.2, 0) is 19.0 Å². The number of ether oxygens (including phenoxy) is 3. The molecule has 0 unspecified atom stereocenters. The summed E-state index contributed by atoms with van der Waals surface area (Å²) in [5.41, 5.74) is -0.991. The molecule has 254 valence electrons. The van der Waals surface area contributed by atoms with E-state index in [4.69, 9.17) is 14.2 Å². The van der Waals surface area contributed by atoms with E-state index in [9.17, 15) is 35.4 Å². The van der Waals surface area contributed by atoms with Crippen LogP contribution in [0, 0.1) is 46.3 Å². The van der Waals surface area contributed by atoms with Crippen molar-refractivity contribution in [2.24, 2.45) is 46.3 Å². The number of rotatable bonds is 8. The Balaban J connectivity index is 1.27. The highest BCUT2D eigenvalue weighted by atomic mass is 16.7. The summed E-state index contributed by atoms with van der Waals surface area (Å²) in [7, 11) is 1.16. The van der Waals surface area contributed by atoms with Crippen molar-refractivity contribution in [2.45, 2.75) is 153 Å². The van der Waals surface area contributed by atoms with Gasteiger partial charge in [0, 0.05) is 0 Å². The van der Waals surface area contributed by atoms with Crippen molar-refractivity contribution in [3.8, 4) is 0 Å². The van der Waals surface area contributed by atoms with Gasteiger partial charge in [0.15, 0.2) is 12.4 Å². The van der Waals surface area contributed by atoms with Crippen molar-refractivity contribution in [1.29, 1.82) is 0 Å². The quantitative estimate of drug-likeness (QED) is 0.174. The predicted octanol–water partition coefficient (Wildman–Crippen LogP) is 2.53. The number of aliphatic hydroxyl groups is 6. The molecule has 4 saturated carbocycles. The van der Waals surface area contributed by atoms with Crippen LogP contribution in [0.2, 0.25) is 0 Å². The Morgan fingerprint density at radius 1 is 0.977 bits per heavy atom. The SMILES string of the molecule is COC(=O)[C@H]1O[C@@H](O[C@@H]2CC[C@@]3(C)[C@H](C2)C[C@@H](O)[C@@H]2[C@@H]3C[C@H](O)[C@]3(C)[C@@H]([C@H](C)CCCC(C)(C)O)CC[C@@H]23)[C@H](O)[C@@H](O)[C@@H]1O. The number of aliphatic hydroxyl groups excluding tert-OH is 5. The van der Waals surface area contributed by atoms with Crippen LogP contribution in [0.15, 0.2) is 0 Å². The highest BCUT2D eigenvalue weighted by Gasteiger charge is 2.66. The number of carbonyl (C=O) groups excluding carboxylic acids is 1. The molecule has 0 aromatic carbocycles. The van der Waals surface area contributed by atoms with E-state index in [0.717, 1.165) is 45.6 Å². The Labute approximate surface area is 262 Å². The Hall–Kier alpha value is -0.850. The van der Waals surface area contributed by atoms with Crippen molar-refractivity contribution in [3.63, 3.8) is 0 Å². The molecule has 1 aliphatic heterocycles. The molecule has 5 rings (SSSR count). The van der Waals surface area contributed by atoms with E-state index < -0.39 is 54.5 Å². The van der Waals surface area contributed by atoms with Gasteiger partial charge in [0.1, 0.15) is 18.3 Å². The summed E-state index contributed by atoms with van der Waals surface area (Å²) in [5, 5.41) is 65.0. The van der Waals surface area contributed by atoms with Crippen LogP contribution in [0.5, 0.6) is 0 Å². The van der Waals surface area contributed by atoms with Crippen LogP contribution in [0.25, 0.3) is 0 Å². The van der Waals surface area contributed by atoms with Gasteiger partial charge < -0.3 is 44.8 Å². The van der Waals surface area contributed by atoms with Crippen molar-refractivity contribution in [2.75, 3.05) is 7.11 Å². The first kappa shape index (κ1) is 34.5. The number of methoxy groups -OCH3 is 1. The fraction of sp³-hybridized carbons (Fsp3) is 0.971. The lowest BCUT2D eigenvalue weighted by atomic mass is 9.43. The maximum absolute atomic E-state index is 12.1. The average Bonchev–Trinajstić information content (AvgIpc) is 3.31. The second-order valence-corrected chi connectivity index (χ2v) is 16.2. The first-order valence-corrected chi connectivity index (χ1v) is 17.0. The third-order valence-corrected chi connectivity index (χ3v) is 13.3. The molecule has 0 amide bonds. The zero-order valence-corrected chi connectivity index (χ0v) is 27.5. The molecule has 0 aromatic rings. The lowest BCUT2D eigenvalue weighted by Gasteiger charge is -2.63. The van der Waals surface area contributed by atoms with E-state index in [0.29, 0.717) is 37.5 Å². The van der Waals surface area contributed by atoms with Crippen LogP contribution < -0.4 is 0 Å². The number of carbonyl (C=O) groups is 1. The molecule has 5 fully saturated rings. The monoisotopic (exact) mass is 626 g/mol. The third kappa shape index (κ3) is 6.00. The number of hydrogen-bond acceptors (Lipinski definition) is 10. The van der Waals surface area contributed by atoms with Gasteiger partial charge >= 0.3 is 5.97 Å². The minimum absolute atomic E-state index is 0.0845. The van der Waals surface area contributed by atoms with Gasteiger partial charge in [0.2, 0.25) is 0 Å². The normalized spacial score (nSPS) is 49.9. The molecule has 10 nitrogen and oxygen atoms in total. The van der Waals surface area contributed by atoms with Gasteiger partial charge in [-0.1, -0.05) is 33.6 Å². The fourth-order valence-corrected chi connectivity index (χ4v) is 10.8. The summed E-state index contributed by atoms with van der Waals surface area (Å²) < 4.78 is 16.4. The van der Waals surface area contributed by atoms with E-state index in [1.807, 2.05) is 13.8 Å². The van der Waals surface area contributed by atoms with Crippen molar-refractivity contribution >= 4 is 5.97 Å². The van der Waals surface area contributed by atoms with Gasteiger partial charge in [-0.15, -0.1) is 0 Å². The smallest absolute Gasteiger partial charge is 0.337 e. The maximum atomic E-state index is 12.1. The first-order chi connectivity index (χ1) is 20.5. The van der Waals surface area contributed by atoms with Crippen LogP contribution >= 0.6 is 0 Å².